The van der Waals surface area contributed by atoms with E-state index in [0.29, 0.717) is 0 Å². The van der Waals surface area contributed by atoms with Gasteiger partial charge in [-0.15, -0.1) is 6.58 Å². The molecule has 0 aromatic carbocycles. The van der Waals surface area contributed by atoms with Crippen molar-refractivity contribution in [2.75, 3.05) is 0 Å². The molecule has 2 rings (SSSR count). The Kier molecular flexibility index (Phi) is 1.46. The molecule has 2 unspecified atom stereocenters. The molecule has 0 aromatic rings. The second-order valence-electron chi connectivity index (χ2n) is 3.41. The molecule has 0 radical (unpaired) electrons. The van der Waals surface area contributed by atoms with Crippen LogP contribution in [0.25, 0.3) is 0 Å². The summed E-state index contributed by atoms with van der Waals surface area (Å²) in [5, 5.41) is 0. The topological polar surface area (TPSA) is 12.5 Å². The summed E-state index contributed by atoms with van der Waals surface area (Å²) >= 11 is 0. The van der Waals surface area contributed by atoms with Gasteiger partial charge in [0.1, 0.15) is 0 Å². The number of rotatable bonds is 2. The van der Waals surface area contributed by atoms with Gasteiger partial charge in [-0.3, -0.25) is 0 Å². The van der Waals surface area contributed by atoms with E-state index in [1.807, 2.05) is 0 Å². The first kappa shape index (κ1) is 6.62. The fourth-order valence-electron chi connectivity index (χ4n) is 2.07. The van der Waals surface area contributed by atoms with Gasteiger partial charge in [0.15, 0.2) is 0 Å². The fourth-order valence-corrected chi connectivity index (χ4v) is 6.26. The molecule has 0 aromatic heterocycles. The first-order chi connectivity index (χ1) is 4.87. The summed E-state index contributed by atoms with van der Waals surface area (Å²) in [4.78, 5) is 0. The molecule has 0 aliphatic carbocycles. The van der Waals surface area contributed by atoms with Gasteiger partial charge in [-0.2, -0.15) is 0 Å². The van der Waals surface area contributed by atoms with E-state index in [-0.39, 0.29) is 0 Å². The summed E-state index contributed by atoms with van der Waals surface area (Å²) in [5.41, 5.74) is 0.735. The van der Waals surface area contributed by atoms with E-state index in [4.69, 9.17) is 4.43 Å². The molecule has 2 heterocycles. The third-order valence-corrected chi connectivity index (χ3v) is 6.99. The van der Waals surface area contributed by atoms with Crippen LogP contribution in [0.2, 0.25) is 12.1 Å². The van der Waals surface area contributed by atoms with Gasteiger partial charge >= 0.3 is 0 Å². The number of allylic oxidation sites excluding steroid dienone is 1. The predicted molar refractivity (Wildman–Crippen MR) is 44.3 cm³/mol. The molecule has 0 N–H and O–H groups in total. The van der Waals surface area contributed by atoms with Gasteiger partial charge in [0, 0.05) is 0 Å². The zero-order chi connectivity index (χ0) is 7.03. The SMILES string of the molecule is C=CC[Si]12CCCCC1O2. The molecule has 1 nitrogen and oxygen atoms in total. The maximum atomic E-state index is 5.77. The van der Waals surface area contributed by atoms with Crippen molar-refractivity contribution in [3.8, 4) is 0 Å². The van der Waals surface area contributed by atoms with Crippen molar-refractivity contribution in [1.29, 1.82) is 0 Å². The third-order valence-electron chi connectivity index (χ3n) is 2.71. The van der Waals surface area contributed by atoms with Gasteiger partial charge in [0.25, 0.3) is 0 Å². The highest BCUT2D eigenvalue weighted by Gasteiger charge is 2.58. The summed E-state index contributed by atoms with van der Waals surface area (Å²) in [6, 6.07) is 2.61. The zero-order valence-corrected chi connectivity index (χ0v) is 7.31. The summed E-state index contributed by atoms with van der Waals surface area (Å²) in [6.07, 6.45) is 6.21. The van der Waals surface area contributed by atoms with Gasteiger partial charge in [-0.25, -0.2) is 0 Å². The monoisotopic (exact) mass is 154 g/mol. The van der Waals surface area contributed by atoms with Crippen molar-refractivity contribution in [2.45, 2.75) is 37.1 Å². The highest BCUT2D eigenvalue weighted by Crippen LogP contribution is 2.46. The maximum Gasteiger partial charge on any atom is 0.223 e. The van der Waals surface area contributed by atoms with Crippen molar-refractivity contribution in [2.24, 2.45) is 0 Å². The van der Waals surface area contributed by atoms with Crippen LogP contribution in [0, 0.1) is 0 Å². The lowest BCUT2D eigenvalue weighted by atomic mass is 10.2. The van der Waals surface area contributed by atoms with E-state index < -0.39 is 8.32 Å². The summed E-state index contributed by atoms with van der Waals surface area (Å²) in [6.45, 7) is 3.78. The lowest BCUT2D eigenvalue weighted by Crippen LogP contribution is -2.23. The Hall–Kier alpha value is -0.0831. The normalized spacial score (nSPS) is 44.2. The quantitative estimate of drug-likeness (QED) is 0.337. The van der Waals surface area contributed by atoms with Crippen LogP contribution < -0.4 is 0 Å². The van der Waals surface area contributed by atoms with Crippen LogP contribution in [0.3, 0.4) is 0 Å². The van der Waals surface area contributed by atoms with Crippen LogP contribution in [0.15, 0.2) is 12.7 Å². The standard InChI is InChI=1S/C8H14OSi/c1-2-6-10-7-4-3-5-8(10)9-10/h2,8H,1,3-7H2. The molecule has 2 heteroatoms. The van der Waals surface area contributed by atoms with Crippen molar-refractivity contribution in [1.82, 2.24) is 0 Å². The minimum Gasteiger partial charge on any atom is -0.411 e. The summed E-state index contributed by atoms with van der Waals surface area (Å²) in [5.74, 6) is 0. The molecule has 0 saturated carbocycles. The smallest absolute Gasteiger partial charge is 0.223 e. The van der Waals surface area contributed by atoms with Crippen molar-refractivity contribution in [3.63, 3.8) is 0 Å². The Labute approximate surface area is 63.2 Å². The Bertz CT molecular complexity index is 157. The van der Waals surface area contributed by atoms with Crippen LogP contribution in [0.4, 0.5) is 0 Å². The maximum absolute atomic E-state index is 5.77. The van der Waals surface area contributed by atoms with Crippen molar-refractivity contribution < 1.29 is 4.43 Å². The number of hydrogen-bond donors (Lipinski definition) is 0. The Morgan fingerprint density at radius 2 is 2.50 bits per heavy atom. The van der Waals surface area contributed by atoms with Crippen molar-refractivity contribution in [3.05, 3.63) is 12.7 Å². The predicted octanol–water partition coefficient (Wildman–Crippen LogP) is 2.24. The van der Waals surface area contributed by atoms with E-state index in [1.54, 1.807) is 0 Å². The summed E-state index contributed by atoms with van der Waals surface area (Å²) < 4.78 is 5.77. The average Bonchev–Trinajstić information content (AvgIpc) is 2.62. The molecule has 0 bridgehead atoms. The molecule has 2 aliphatic rings. The molecule has 56 valence electrons. The molecule has 2 fully saturated rings. The van der Waals surface area contributed by atoms with Crippen LogP contribution in [0.5, 0.6) is 0 Å². The minimum absolute atomic E-state index is 0.735. The minimum atomic E-state index is -1.09. The second kappa shape index (κ2) is 2.21. The molecular weight excluding hydrogens is 140 g/mol. The molecule has 0 spiro atoms. The highest BCUT2D eigenvalue weighted by atomic mass is 28.4. The molecule has 2 aliphatic heterocycles. The molecule has 2 saturated heterocycles. The van der Waals surface area contributed by atoms with E-state index in [1.165, 1.54) is 31.4 Å². The van der Waals surface area contributed by atoms with E-state index in [9.17, 15) is 0 Å². The average molecular weight is 154 g/mol. The number of hydrogen-bond acceptors (Lipinski definition) is 1. The highest BCUT2D eigenvalue weighted by molar-refractivity contribution is 6.83. The van der Waals surface area contributed by atoms with Gasteiger partial charge in [-0.1, -0.05) is 18.9 Å². The Morgan fingerprint density at radius 1 is 1.60 bits per heavy atom. The lowest BCUT2D eigenvalue weighted by molar-refractivity contribution is 0.430. The molecule has 2 atom stereocenters. The van der Waals surface area contributed by atoms with Crippen molar-refractivity contribution >= 4 is 8.32 Å². The van der Waals surface area contributed by atoms with E-state index in [0.717, 1.165) is 5.73 Å². The van der Waals surface area contributed by atoms with Gasteiger partial charge in [-0.05, 0) is 18.5 Å². The Balaban J connectivity index is 1.98. The van der Waals surface area contributed by atoms with Crippen LogP contribution in [0.1, 0.15) is 19.3 Å². The van der Waals surface area contributed by atoms with Crippen LogP contribution in [-0.4, -0.2) is 14.0 Å². The molecule has 10 heavy (non-hydrogen) atoms. The first-order valence-corrected chi connectivity index (χ1v) is 6.56. The third kappa shape index (κ3) is 0.866. The van der Waals surface area contributed by atoms with E-state index in [2.05, 4.69) is 12.7 Å². The van der Waals surface area contributed by atoms with Gasteiger partial charge in [0.05, 0.1) is 5.73 Å². The van der Waals surface area contributed by atoms with Crippen LogP contribution in [-0.2, 0) is 4.43 Å². The molecule has 0 amide bonds. The number of fused-ring (bicyclic) bond motifs is 1. The lowest BCUT2D eigenvalue weighted by Gasteiger charge is -2.11. The first-order valence-electron chi connectivity index (χ1n) is 4.16. The zero-order valence-electron chi connectivity index (χ0n) is 6.31. The molecular formula is C8H14OSi. The fraction of sp³-hybridized carbons (Fsp3) is 0.750. The van der Waals surface area contributed by atoms with Crippen LogP contribution >= 0.6 is 0 Å². The largest absolute Gasteiger partial charge is 0.411 e. The van der Waals surface area contributed by atoms with Gasteiger partial charge < -0.3 is 4.43 Å². The van der Waals surface area contributed by atoms with E-state index >= 15 is 0 Å². The van der Waals surface area contributed by atoms with Gasteiger partial charge in [0.2, 0.25) is 8.32 Å². The summed E-state index contributed by atoms with van der Waals surface area (Å²) in [7, 11) is -1.09. The Morgan fingerprint density at radius 3 is 3.20 bits per heavy atom. The second-order valence-corrected chi connectivity index (χ2v) is 7.33.